The Balaban J connectivity index is 2.01. The minimum absolute atomic E-state index is 0.0336. The molecule has 0 amide bonds. The quantitative estimate of drug-likeness (QED) is 0.729. The van der Waals surface area contributed by atoms with Gasteiger partial charge in [-0.1, -0.05) is 12.8 Å². The van der Waals surface area contributed by atoms with Crippen LogP contribution >= 0.6 is 0 Å². The first-order valence-electron chi connectivity index (χ1n) is 6.61. The minimum atomic E-state index is -0.666. The number of hydrogen-bond donors (Lipinski definition) is 3. The zero-order valence-corrected chi connectivity index (χ0v) is 11.4. The van der Waals surface area contributed by atoms with E-state index in [1.165, 1.54) is 0 Å². The van der Waals surface area contributed by atoms with Gasteiger partial charge in [-0.3, -0.25) is 0 Å². The molecule has 1 saturated carbocycles. The Labute approximate surface area is 112 Å². The summed E-state index contributed by atoms with van der Waals surface area (Å²) in [6.07, 6.45) is 3.68. The van der Waals surface area contributed by atoms with Crippen molar-refractivity contribution >= 4 is 11.9 Å². The molecule has 1 aromatic rings. The average Bonchev–Trinajstić information content (AvgIpc) is 2.73. The molecule has 2 rings (SSSR count). The van der Waals surface area contributed by atoms with Crippen LogP contribution in [0.25, 0.3) is 0 Å². The van der Waals surface area contributed by atoms with Crippen LogP contribution in [0.15, 0.2) is 0 Å². The highest BCUT2D eigenvalue weighted by atomic mass is 16.5. The first-order chi connectivity index (χ1) is 8.97. The smallest absolute Gasteiger partial charge is 0.323 e. The number of aromatic nitrogens is 3. The van der Waals surface area contributed by atoms with Crippen molar-refractivity contribution in [3.8, 4) is 6.01 Å². The maximum Gasteiger partial charge on any atom is 0.323 e. The van der Waals surface area contributed by atoms with Gasteiger partial charge in [0.2, 0.25) is 11.9 Å². The fourth-order valence-corrected chi connectivity index (χ4v) is 2.17. The Morgan fingerprint density at radius 2 is 2.00 bits per heavy atom. The van der Waals surface area contributed by atoms with Crippen LogP contribution < -0.4 is 15.8 Å². The van der Waals surface area contributed by atoms with Crippen LogP contribution in [-0.2, 0) is 0 Å². The van der Waals surface area contributed by atoms with Gasteiger partial charge in [0, 0.05) is 6.54 Å². The molecule has 1 aliphatic rings. The molecule has 4 N–H and O–H groups in total. The second-order valence-corrected chi connectivity index (χ2v) is 5.25. The monoisotopic (exact) mass is 267 g/mol. The third-order valence-corrected chi connectivity index (χ3v) is 3.08. The van der Waals surface area contributed by atoms with Crippen LogP contribution in [0, 0.1) is 0 Å². The van der Waals surface area contributed by atoms with E-state index in [-0.39, 0.29) is 18.1 Å². The maximum absolute atomic E-state index is 10.2. The van der Waals surface area contributed by atoms with Crippen molar-refractivity contribution in [1.29, 1.82) is 0 Å². The zero-order chi connectivity index (χ0) is 13.9. The van der Waals surface area contributed by atoms with Crippen LogP contribution in [-0.4, -0.2) is 38.3 Å². The predicted molar refractivity (Wildman–Crippen MR) is 71.9 cm³/mol. The summed E-state index contributed by atoms with van der Waals surface area (Å²) >= 11 is 0. The van der Waals surface area contributed by atoms with Crippen molar-refractivity contribution in [1.82, 2.24) is 15.0 Å². The number of nitrogens with one attached hydrogen (secondary N) is 1. The molecule has 0 aromatic carbocycles. The molecule has 0 atom stereocenters. The summed E-state index contributed by atoms with van der Waals surface area (Å²) in [6, 6.07) is 0.198. The molecule has 0 saturated heterocycles. The molecule has 0 radical (unpaired) electrons. The van der Waals surface area contributed by atoms with Gasteiger partial charge in [-0.05, 0) is 26.7 Å². The van der Waals surface area contributed by atoms with E-state index >= 15 is 0 Å². The predicted octanol–water partition coefficient (Wildman–Crippen LogP) is 0.958. The lowest BCUT2D eigenvalue weighted by Gasteiger charge is -2.22. The van der Waals surface area contributed by atoms with Crippen molar-refractivity contribution in [2.45, 2.75) is 51.2 Å². The molecule has 106 valence electrons. The Bertz CT molecular complexity index is 432. The fourth-order valence-electron chi connectivity index (χ4n) is 2.17. The third kappa shape index (κ3) is 3.92. The SMILES string of the molecule is CC(C)Oc1nc(N)nc(NCC2(O)CCCC2)n1. The van der Waals surface area contributed by atoms with Crippen molar-refractivity contribution in [2.24, 2.45) is 0 Å². The van der Waals surface area contributed by atoms with Gasteiger partial charge in [0.1, 0.15) is 0 Å². The number of anilines is 2. The maximum atomic E-state index is 10.2. The van der Waals surface area contributed by atoms with Crippen molar-refractivity contribution in [3.05, 3.63) is 0 Å². The first-order valence-corrected chi connectivity index (χ1v) is 6.61. The van der Waals surface area contributed by atoms with Gasteiger partial charge in [0.15, 0.2) is 0 Å². The first kappa shape index (κ1) is 13.8. The lowest BCUT2D eigenvalue weighted by molar-refractivity contribution is 0.0612. The van der Waals surface area contributed by atoms with Crippen LogP contribution in [0.5, 0.6) is 6.01 Å². The number of nitrogens with two attached hydrogens (primary N) is 1. The summed E-state index contributed by atoms with van der Waals surface area (Å²) < 4.78 is 5.39. The molecule has 7 nitrogen and oxygen atoms in total. The van der Waals surface area contributed by atoms with E-state index in [0.717, 1.165) is 25.7 Å². The number of nitrogen functional groups attached to an aromatic ring is 1. The molecule has 0 bridgehead atoms. The normalized spacial score (nSPS) is 17.7. The Morgan fingerprint density at radius 3 is 2.63 bits per heavy atom. The van der Waals surface area contributed by atoms with Crippen molar-refractivity contribution < 1.29 is 9.84 Å². The van der Waals surface area contributed by atoms with Crippen molar-refractivity contribution in [2.75, 3.05) is 17.6 Å². The highest BCUT2D eigenvalue weighted by Crippen LogP contribution is 2.29. The van der Waals surface area contributed by atoms with E-state index in [1.54, 1.807) is 0 Å². The van der Waals surface area contributed by atoms with E-state index in [9.17, 15) is 5.11 Å². The summed E-state index contributed by atoms with van der Waals surface area (Å²) in [7, 11) is 0. The number of hydrogen-bond acceptors (Lipinski definition) is 7. The molecule has 0 aliphatic heterocycles. The van der Waals surface area contributed by atoms with E-state index in [0.29, 0.717) is 12.5 Å². The van der Waals surface area contributed by atoms with Gasteiger partial charge in [0.25, 0.3) is 0 Å². The van der Waals surface area contributed by atoms with Gasteiger partial charge in [0.05, 0.1) is 11.7 Å². The lowest BCUT2D eigenvalue weighted by Crippen LogP contribution is -2.34. The zero-order valence-electron chi connectivity index (χ0n) is 11.4. The van der Waals surface area contributed by atoms with Gasteiger partial charge < -0.3 is 20.9 Å². The average molecular weight is 267 g/mol. The van der Waals surface area contributed by atoms with Crippen LogP contribution in [0.3, 0.4) is 0 Å². The largest absolute Gasteiger partial charge is 0.461 e. The molecular weight excluding hydrogens is 246 g/mol. The number of rotatable bonds is 5. The van der Waals surface area contributed by atoms with Gasteiger partial charge in [-0.25, -0.2) is 0 Å². The Kier molecular flexibility index (Phi) is 4.04. The molecule has 0 spiro atoms. The lowest BCUT2D eigenvalue weighted by atomic mass is 10.0. The van der Waals surface area contributed by atoms with E-state index in [2.05, 4.69) is 20.3 Å². The summed E-state index contributed by atoms with van der Waals surface area (Å²) in [4.78, 5) is 12.0. The fraction of sp³-hybridized carbons (Fsp3) is 0.750. The molecule has 1 fully saturated rings. The summed E-state index contributed by atoms with van der Waals surface area (Å²) in [6.45, 7) is 4.18. The minimum Gasteiger partial charge on any atom is -0.461 e. The molecule has 1 aliphatic carbocycles. The highest BCUT2D eigenvalue weighted by Gasteiger charge is 2.31. The van der Waals surface area contributed by atoms with Gasteiger partial charge in [-0.15, -0.1) is 0 Å². The second kappa shape index (κ2) is 5.56. The molecular formula is C12H21N5O2. The number of ether oxygens (including phenoxy) is 1. The van der Waals surface area contributed by atoms with E-state index in [1.807, 2.05) is 13.8 Å². The van der Waals surface area contributed by atoms with Crippen LogP contribution in [0.2, 0.25) is 0 Å². The molecule has 7 heteroatoms. The topological polar surface area (TPSA) is 106 Å². The molecule has 19 heavy (non-hydrogen) atoms. The van der Waals surface area contributed by atoms with Gasteiger partial charge >= 0.3 is 6.01 Å². The Hall–Kier alpha value is -1.63. The second-order valence-electron chi connectivity index (χ2n) is 5.25. The summed E-state index contributed by atoms with van der Waals surface area (Å²) in [5.41, 5.74) is 4.94. The van der Waals surface area contributed by atoms with E-state index < -0.39 is 5.60 Å². The van der Waals surface area contributed by atoms with E-state index in [4.69, 9.17) is 10.5 Å². The number of nitrogens with zero attached hydrogens (tertiary/aromatic N) is 3. The summed E-state index contributed by atoms with van der Waals surface area (Å²) in [5.74, 6) is 0.440. The Morgan fingerprint density at radius 1 is 1.32 bits per heavy atom. The van der Waals surface area contributed by atoms with Crippen LogP contribution in [0.4, 0.5) is 11.9 Å². The molecule has 1 heterocycles. The molecule has 1 aromatic heterocycles. The van der Waals surface area contributed by atoms with Crippen LogP contribution in [0.1, 0.15) is 39.5 Å². The standard InChI is InChI=1S/C12H21N5O2/c1-8(2)19-11-16-9(13)15-10(17-11)14-7-12(18)5-3-4-6-12/h8,18H,3-7H2,1-2H3,(H3,13,14,15,16,17). The number of aliphatic hydroxyl groups is 1. The summed E-state index contributed by atoms with van der Waals surface area (Å²) in [5, 5.41) is 13.2. The highest BCUT2D eigenvalue weighted by molar-refractivity contribution is 5.33. The third-order valence-electron chi connectivity index (χ3n) is 3.08. The molecule has 0 unspecified atom stereocenters. The van der Waals surface area contributed by atoms with Crippen molar-refractivity contribution in [3.63, 3.8) is 0 Å². The van der Waals surface area contributed by atoms with Gasteiger partial charge in [-0.2, -0.15) is 15.0 Å².